The summed E-state index contributed by atoms with van der Waals surface area (Å²) in [5.41, 5.74) is 1.65. The number of fused-ring (bicyclic) bond motifs is 1. The van der Waals surface area contributed by atoms with Crippen LogP contribution < -0.4 is 0 Å². The molecule has 0 radical (unpaired) electrons. The Morgan fingerprint density at radius 1 is 1.07 bits per heavy atom. The Labute approximate surface area is 177 Å². The molecule has 2 rings (SSSR count). The summed E-state index contributed by atoms with van der Waals surface area (Å²) in [4.78, 5) is 25.7. The molecule has 9 heteroatoms. The lowest BCUT2D eigenvalue weighted by Crippen LogP contribution is -2.38. The molecule has 0 saturated carbocycles. The first-order chi connectivity index (χ1) is 14.4. The Balaban J connectivity index is 2.14. The van der Waals surface area contributed by atoms with Gasteiger partial charge in [-0.1, -0.05) is 31.2 Å². The second-order valence-corrected chi connectivity index (χ2v) is 7.31. The maximum Gasteiger partial charge on any atom is 0.320 e. The highest BCUT2D eigenvalue weighted by molar-refractivity contribution is 5.75. The first-order valence-electron chi connectivity index (χ1n) is 10.4. The van der Waals surface area contributed by atoms with Gasteiger partial charge in [-0.15, -0.1) is 5.10 Å². The maximum atomic E-state index is 12.0. The molecular formula is C21H32N4O5. The number of hydrogen-bond donors (Lipinski definition) is 0. The molecule has 1 unspecified atom stereocenters. The lowest BCUT2D eigenvalue weighted by molar-refractivity contribution is -0.148. The van der Waals surface area contributed by atoms with Gasteiger partial charge in [-0.2, -0.15) is 0 Å². The number of benzene rings is 1. The Kier molecular flexibility index (Phi) is 9.69. The molecule has 0 aliphatic rings. The molecule has 1 atom stereocenters. The number of hydrogen-bond acceptors (Lipinski definition) is 8. The lowest BCUT2D eigenvalue weighted by atomic mass is 10.2. The molecule has 9 nitrogen and oxygen atoms in total. The quantitative estimate of drug-likeness (QED) is 0.456. The minimum atomic E-state index is -0.383. The van der Waals surface area contributed by atoms with Crippen molar-refractivity contribution in [2.45, 2.75) is 40.3 Å². The van der Waals surface area contributed by atoms with Crippen LogP contribution in [0.25, 0.3) is 11.0 Å². The van der Waals surface area contributed by atoms with E-state index >= 15 is 0 Å². The molecule has 0 saturated heterocycles. The number of para-hydroxylation sites is 1. The van der Waals surface area contributed by atoms with Gasteiger partial charge >= 0.3 is 11.9 Å². The number of rotatable bonds is 13. The molecule has 0 amide bonds. The van der Waals surface area contributed by atoms with Crippen LogP contribution in [0.3, 0.4) is 0 Å². The fourth-order valence-corrected chi connectivity index (χ4v) is 2.96. The normalized spacial score (nSPS) is 12.5. The number of carbonyl (C=O) groups excluding carboxylic acids is 2. The summed E-state index contributed by atoms with van der Waals surface area (Å²) >= 11 is 0. The highest BCUT2D eigenvalue weighted by Gasteiger charge is 2.21. The van der Waals surface area contributed by atoms with Crippen molar-refractivity contribution in [1.29, 1.82) is 0 Å². The molecular weight excluding hydrogens is 388 g/mol. The standard InChI is InChI=1S/C21H32N4O5/c1-5-28-20(26)13-24(14-21(27)29-6-2)12-11-19(30-15-16(3)4)25-18-10-8-7-9-17(18)22-23-25/h7-10,16,19H,5-6,11-15H2,1-4H3. The minimum Gasteiger partial charge on any atom is -0.465 e. The molecule has 0 fully saturated rings. The van der Waals surface area contributed by atoms with Crippen molar-refractivity contribution in [3.8, 4) is 0 Å². The topological polar surface area (TPSA) is 95.8 Å². The number of esters is 2. The summed E-state index contributed by atoms with van der Waals surface area (Å²) < 4.78 is 17.9. The molecule has 1 aromatic carbocycles. The van der Waals surface area contributed by atoms with E-state index in [1.165, 1.54) is 0 Å². The Morgan fingerprint density at radius 3 is 2.30 bits per heavy atom. The molecule has 1 heterocycles. The number of carbonyl (C=O) groups is 2. The predicted molar refractivity (Wildman–Crippen MR) is 112 cm³/mol. The maximum absolute atomic E-state index is 12.0. The number of aromatic nitrogens is 3. The molecule has 1 aromatic heterocycles. The van der Waals surface area contributed by atoms with Crippen molar-refractivity contribution in [1.82, 2.24) is 19.9 Å². The second kappa shape index (κ2) is 12.2. The van der Waals surface area contributed by atoms with Crippen LogP contribution in [0.5, 0.6) is 0 Å². The predicted octanol–water partition coefficient (Wildman–Crippen LogP) is 2.42. The van der Waals surface area contributed by atoms with Gasteiger partial charge in [-0.25, -0.2) is 4.68 Å². The van der Waals surface area contributed by atoms with E-state index in [-0.39, 0.29) is 44.5 Å². The smallest absolute Gasteiger partial charge is 0.320 e. The Bertz CT molecular complexity index is 788. The first-order valence-corrected chi connectivity index (χ1v) is 10.4. The fourth-order valence-electron chi connectivity index (χ4n) is 2.96. The summed E-state index contributed by atoms with van der Waals surface area (Å²) in [5, 5.41) is 8.48. The molecule has 30 heavy (non-hydrogen) atoms. The summed E-state index contributed by atoms with van der Waals surface area (Å²) in [6, 6.07) is 7.67. The third-order valence-electron chi connectivity index (χ3n) is 4.28. The zero-order valence-corrected chi connectivity index (χ0v) is 18.2. The minimum absolute atomic E-state index is 0.00165. The van der Waals surface area contributed by atoms with E-state index in [0.717, 1.165) is 11.0 Å². The van der Waals surface area contributed by atoms with Crippen LogP contribution in [0.2, 0.25) is 0 Å². The van der Waals surface area contributed by atoms with E-state index in [9.17, 15) is 9.59 Å². The number of ether oxygens (including phenoxy) is 3. The first kappa shape index (κ1) is 23.8. The van der Waals surface area contributed by atoms with Crippen molar-refractivity contribution in [2.24, 2.45) is 5.92 Å². The van der Waals surface area contributed by atoms with Crippen molar-refractivity contribution in [2.75, 3.05) is 39.5 Å². The van der Waals surface area contributed by atoms with E-state index in [1.54, 1.807) is 23.4 Å². The van der Waals surface area contributed by atoms with Crippen LogP contribution in [-0.4, -0.2) is 71.3 Å². The Morgan fingerprint density at radius 2 is 1.70 bits per heavy atom. The SMILES string of the molecule is CCOC(=O)CN(CCC(OCC(C)C)n1nnc2ccccc21)CC(=O)OCC. The average molecular weight is 421 g/mol. The third kappa shape index (κ3) is 7.38. The van der Waals surface area contributed by atoms with E-state index in [0.29, 0.717) is 25.5 Å². The summed E-state index contributed by atoms with van der Waals surface area (Å²) in [5.74, 6) is -0.419. The van der Waals surface area contributed by atoms with Gasteiger partial charge in [0.05, 0.1) is 38.4 Å². The van der Waals surface area contributed by atoms with Gasteiger partial charge in [0, 0.05) is 13.0 Å². The van der Waals surface area contributed by atoms with Crippen molar-refractivity contribution in [3.63, 3.8) is 0 Å². The van der Waals surface area contributed by atoms with E-state index < -0.39 is 0 Å². The van der Waals surface area contributed by atoms with Gasteiger partial charge in [0.2, 0.25) is 0 Å². The summed E-state index contributed by atoms with van der Waals surface area (Å²) in [6.07, 6.45) is 0.130. The third-order valence-corrected chi connectivity index (χ3v) is 4.28. The lowest BCUT2D eigenvalue weighted by Gasteiger charge is -2.25. The highest BCUT2D eigenvalue weighted by Crippen LogP contribution is 2.20. The van der Waals surface area contributed by atoms with Crippen LogP contribution in [0.15, 0.2) is 24.3 Å². The van der Waals surface area contributed by atoms with Gasteiger partial charge in [0.25, 0.3) is 0 Å². The van der Waals surface area contributed by atoms with Crippen molar-refractivity contribution < 1.29 is 23.8 Å². The van der Waals surface area contributed by atoms with Crippen LogP contribution in [0, 0.1) is 5.92 Å². The molecule has 0 N–H and O–H groups in total. The largest absolute Gasteiger partial charge is 0.465 e. The monoisotopic (exact) mass is 420 g/mol. The van der Waals surface area contributed by atoms with Gasteiger partial charge < -0.3 is 14.2 Å². The zero-order valence-electron chi connectivity index (χ0n) is 18.2. The summed E-state index contributed by atoms with van der Waals surface area (Å²) in [7, 11) is 0. The molecule has 0 bridgehead atoms. The fraction of sp³-hybridized carbons (Fsp3) is 0.619. The molecule has 2 aromatic rings. The zero-order chi connectivity index (χ0) is 21.9. The summed E-state index contributed by atoms with van der Waals surface area (Å²) in [6.45, 7) is 9.20. The van der Waals surface area contributed by atoms with Crippen molar-refractivity contribution in [3.05, 3.63) is 24.3 Å². The van der Waals surface area contributed by atoms with Crippen molar-refractivity contribution >= 4 is 23.0 Å². The van der Waals surface area contributed by atoms with Gasteiger partial charge in [-0.05, 0) is 31.9 Å². The van der Waals surface area contributed by atoms with Crippen LogP contribution in [0.4, 0.5) is 0 Å². The van der Waals surface area contributed by atoms with Gasteiger partial charge in [-0.3, -0.25) is 14.5 Å². The number of nitrogens with zero attached hydrogens (tertiary/aromatic N) is 4. The Hall–Kier alpha value is -2.52. The van der Waals surface area contributed by atoms with E-state index in [1.807, 2.05) is 24.3 Å². The van der Waals surface area contributed by atoms with Gasteiger partial charge in [0.1, 0.15) is 5.52 Å². The highest BCUT2D eigenvalue weighted by atomic mass is 16.5. The molecule has 0 aliphatic heterocycles. The van der Waals surface area contributed by atoms with Crippen LogP contribution in [-0.2, 0) is 23.8 Å². The molecule has 166 valence electrons. The van der Waals surface area contributed by atoms with Crippen LogP contribution >= 0.6 is 0 Å². The van der Waals surface area contributed by atoms with E-state index in [4.69, 9.17) is 14.2 Å². The average Bonchev–Trinajstić information content (AvgIpc) is 3.12. The molecule has 0 aliphatic carbocycles. The second-order valence-electron chi connectivity index (χ2n) is 7.31. The van der Waals surface area contributed by atoms with Crippen LogP contribution in [0.1, 0.15) is 40.3 Å². The van der Waals surface area contributed by atoms with Gasteiger partial charge in [0.15, 0.2) is 6.23 Å². The van der Waals surface area contributed by atoms with E-state index in [2.05, 4.69) is 24.2 Å². The molecule has 0 spiro atoms.